The SMILES string of the molecule is C=C(CCC)Nc1cncc(-c2ccc3[nH]nc(-c4cc5c(-c6ccc(C)s6)nccc5[nH]4)c3c2)c1. The van der Waals surface area contributed by atoms with Gasteiger partial charge in [-0.25, -0.2) is 0 Å². The van der Waals surface area contributed by atoms with Crippen molar-refractivity contribution in [3.8, 4) is 33.1 Å². The van der Waals surface area contributed by atoms with Crippen LogP contribution in [0.1, 0.15) is 24.6 Å². The minimum atomic E-state index is 0.884. The summed E-state index contributed by atoms with van der Waals surface area (Å²) in [5, 5.41) is 13.4. The Morgan fingerprint density at radius 2 is 1.86 bits per heavy atom. The Labute approximate surface area is 213 Å². The van der Waals surface area contributed by atoms with Crippen molar-refractivity contribution in [1.82, 2.24) is 25.1 Å². The molecule has 0 atom stereocenters. The van der Waals surface area contributed by atoms with Crippen molar-refractivity contribution < 1.29 is 0 Å². The highest BCUT2D eigenvalue weighted by Gasteiger charge is 2.15. The number of allylic oxidation sites excluding steroid dienone is 1. The minimum Gasteiger partial charge on any atom is -0.358 e. The van der Waals surface area contributed by atoms with Gasteiger partial charge in [0, 0.05) is 44.8 Å². The monoisotopic (exact) mass is 490 g/mol. The summed E-state index contributed by atoms with van der Waals surface area (Å²) in [7, 11) is 0. The van der Waals surface area contributed by atoms with E-state index in [2.05, 4.69) is 93.4 Å². The zero-order chi connectivity index (χ0) is 24.6. The fraction of sp³-hybridized carbons (Fsp3) is 0.138. The average Bonchev–Trinajstić information content (AvgIpc) is 3.61. The predicted octanol–water partition coefficient (Wildman–Crippen LogP) is 7.93. The molecule has 0 bridgehead atoms. The molecule has 0 unspecified atom stereocenters. The molecule has 0 spiro atoms. The largest absolute Gasteiger partial charge is 0.358 e. The second-order valence-corrected chi connectivity index (χ2v) is 10.3. The molecule has 178 valence electrons. The van der Waals surface area contributed by atoms with Gasteiger partial charge in [0.2, 0.25) is 0 Å². The minimum absolute atomic E-state index is 0.884. The van der Waals surface area contributed by atoms with Gasteiger partial charge in [-0.2, -0.15) is 5.10 Å². The predicted molar refractivity (Wildman–Crippen MR) is 150 cm³/mol. The van der Waals surface area contributed by atoms with Gasteiger partial charge >= 0.3 is 0 Å². The van der Waals surface area contributed by atoms with Crippen molar-refractivity contribution in [3.05, 3.63) is 84.3 Å². The van der Waals surface area contributed by atoms with E-state index < -0.39 is 0 Å². The van der Waals surface area contributed by atoms with Gasteiger partial charge in [0.1, 0.15) is 5.69 Å². The van der Waals surface area contributed by atoms with E-state index in [-0.39, 0.29) is 0 Å². The molecule has 5 heterocycles. The molecule has 6 rings (SSSR count). The lowest BCUT2D eigenvalue weighted by Gasteiger charge is -2.10. The first-order valence-corrected chi connectivity index (χ1v) is 12.8. The van der Waals surface area contributed by atoms with Crippen LogP contribution in [0, 0.1) is 6.92 Å². The second kappa shape index (κ2) is 9.09. The summed E-state index contributed by atoms with van der Waals surface area (Å²) < 4.78 is 0. The van der Waals surface area contributed by atoms with Crippen molar-refractivity contribution in [3.63, 3.8) is 0 Å². The number of thiophene rings is 1. The quantitative estimate of drug-likeness (QED) is 0.212. The van der Waals surface area contributed by atoms with Crippen molar-refractivity contribution in [2.75, 3.05) is 5.32 Å². The van der Waals surface area contributed by atoms with E-state index in [1.165, 1.54) is 9.75 Å². The highest BCUT2D eigenvalue weighted by molar-refractivity contribution is 7.15. The van der Waals surface area contributed by atoms with Crippen molar-refractivity contribution in [2.45, 2.75) is 26.7 Å². The van der Waals surface area contributed by atoms with E-state index in [4.69, 9.17) is 0 Å². The molecule has 6 nitrogen and oxygen atoms in total. The smallest absolute Gasteiger partial charge is 0.116 e. The third-order valence-electron chi connectivity index (χ3n) is 6.28. The third kappa shape index (κ3) is 4.07. The number of aryl methyl sites for hydroxylation is 1. The zero-order valence-corrected chi connectivity index (χ0v) is 21.0. The summed E-state index contributed by atoms with van der Waals surface area (Å²) in [5.74, 6) is 0. The molecular weight excluding hydrogens is 464 g/mol. The molecule has 1 aromatic carbocycles. The Morgan fingerprint density at radius 1 is 0.972 bits per heavy atom. The fourth-order valence-electron chi connectivity index (χ4n) is 4.57. The first-order valence-electron chi connectivity index (χ1n) is 12.0. The summed E-state index contributed by atoms with van der Waals surface area (Å²) in [6.07, 6.45) is 7.56. The van der Waals surface area contributed by atoms with Crippen molar-refractivity contribution in [1.29, 1.82) is 0 Å². The van der Waals surface area contributed by atoms with Gasteiger partial charge < -0.3 is 10.3 Å². The van der Waals surface area contributed by atoms with Crippen LogP contribution < -0.4 is 5.32 Å². The molecule has 3 N–H and O–H groups in total. The molecule has 0 aliphatic carbocycles. The highest BCUT2D eigenvalue weighted by atomic mass is 32.1. The summed E-state index contributed by atoms with van der Waals surface area (Å²) in [6, 6.07) is 16.9. The van der Waals surface area contributed by atoms with Crippen LogP contribution >= 0.6 is 11.3 Å². The second-order valence-electron chi connectivity index (χ2n) is 8.99. The fourth-order valence-corrected chi connectivity index (χ4v) is 5.45. The maximum atomic E-state index is 4.68. The molecule has 0 saturated carbocycles. The van der Waals surface area contributed by atoms with Crippen LogP contribution in [-0.4, -0.2) is 25.1 Å². The Balaban J connectivity index is 1.40. The Morgan fingerprint density at radius 3 is 2.69 bits per heavy atom. The molecular formula is C29H26N6S. The lowest BCUT2D eigenvalue weighted by atomic mass is 10.0. The van der Waals surface area contributed by atoms with Crippen LogP contribution in [0.3, 0.4) is 0 Å². The normalized spacial score (nSPS) is 11.4. The van der Waals surface area contributed by atoms with E-state index in [9.17, 15) is 0 Å². The van der Waals surface area contributed by atoms with E-state index in [1.807, 2.05) is 24.7 Å². The molecule has 0 aliphatic rings. The maximum absolute atomic E-state index is 4.68. The van der Waals surface area contributed by atoms with Crippen LogP contribution in [0.4, 0.5) is 5.69 Å². The highest BCUT2D eigenvalue weighted by Crippen LogP contribution is 2.36. The number of aromatic amines is 2. The molecule has 0 fully saturated rings. The molecule has 0 saturated heterocycles. The number of H-pyrrole nitrogens is 2. The van der Waals surface area contributed by atoms with E-state index >= 15 is 0 Å². The molecule has 0 aliphatic heterocycles. The van der Waals surface area contributed by atoms with Crippen LogP contribution in [-0.2, 0) is 0 Å². The lowest BCUT2D eigenvalue weighted by Crippen LogP contribution is -1.98. The lowest BCUT2D eigenvalue weighted by molar-refractivity contribution is 0.913. The number of rotatable bonds is 7. The van der Waals surface area contributed by atoms with E-state index in [0.29, 0.717) is 0 Å². The number of anilines is 1. The third-order valence-corrected chi connectivity index (χ3v) is 7.29. The summed E-state index contributed by atoms with van der Waals surface area (Å²) >= 11 is 1.76. The number of pyridine rings is 2. The Kier molecular flexibility index (Phi) is 5.62. The van der Waals surface area contributed by atoms with Crippen LogP contribution in [0.5, 0.6) is 0 Å². The van der Waals surface area contributed by atoms with Gasteiger partial charge in [-0.15, -0.1) is 11.3 Å². The topological polar surface area (TPSA) is 82.3 Å². The summed E-state index contributed by atoms with van der Waals surface area (Å²) in [6.45, 7) is 8.37. The Bertz CT molecular complexity index is 1720. The van der Waals surface area contributed by atoms with Gasteiger partial charge in [-0.1, -0.05) is 26.0 Å². The van der Waals surface area contributed by atoms with Gasteiger partial charge in [-0.3, -0.25) is 15.1 Å². The maximum Gasteiger partial charge on any atom is 0.116 e. The van der Waals surface area contributed by atoms with Gasteiger partial charge in [-0.05, 0) is 61.4 Å². The Hall–Kier alpha value is -4.23. The zero-order valence-electron chi connectivity index (χ0n) is 20.2. The summed E-state index contributed by atoms with van der Waals surface area (Å²) in [5.41, 5.74) is 8.92. The first-order chi connectivity index (χ1) is 17.6. The number of aromatic nitrogens is 5. The van der Waals surface area contributed by atoms with Gasteiger partial charge in [0.05, 0.1) is 33.7 Å². The number of nitrogens with zero attached hydrogens (tertiary/aromatic N) is 3. The van der Waals surface area contributed by atoms with Crippen molar-refractivity contribution in [2.24, 2.45) is 0 Å². The number of fused-ring (bicyclic) bond motifs is 2. The molecule has 0 amide bonds. The van der Waals surface area contributed by atoms with Gasteiger partial charge in [0.25, 0.3) is 0 Å². The summed E-state index contributed by atoms with van der Waals surface area (Å²) in [4.78, 5) is 15.1. The van der Waals surface area contributed by atoms with Crippen molar-refractivity contribution >= 4 is 38.8 Å². The van der Waals surface area contributed by atoms with E-state index in [0.717, 1.165) is 74.2 Å². The average molecular weight is 491 g/mol. The molecule has 6 aromatic rings. The standard InChI is InChI=1S/C29H26N6S/c1-4-5-17(2)32-21-12-20(15-30-16-21)19-7-8-25-22(13-19)28(35-34-25)26-14-23-24(33-26)10-11-31-29(23)27-9-6-18(3)36-27/h6-16,32-33H,2,4-5H2,1,3H3,(H,34,35). The van der Waals surface area contributed by atoms with E-state index in [1.54, 1.807) is 11.3 Å². The van der Waals surface area contributed by atoms with Crippen LogP contribution in [0.15, 0.2) is 79.4 Å². The molecule has 7 heteroatoms. The number of hydrogen-bond donors (Lipinski definition) is 3. The van der Waals surface area contributed by atoms with Crippen LogP contribution in [0.2, 0.25) is 0 Å². The molecule has 0 radical (unpaired) electrons. The van der Waals surface area contributed by atoms with Crippen LogP contribution in [0.25, 0.3) is 54.9 Å². The number of hydrogen-bond acceptors (Lipinski definition) is 5. The van der Waals surface area contributed by atoms with Gasteiger partial charge in [0.15, 0.2) is 0 Å². The molecule has 36 heavy (non-hydrogen) atoms. The number of benzene rings is 1. The first kappa shape index (κ1) is 22.2. The number of nitrogens with one attached hydrogen (secondary N) is 3. The molecule has 5 aromatic heterocycles.